The lowest BCUT2D eigenvalue weighted by Crippen LogP contribution is -2.30. The summed E-state index contributed by atoms with van der Waals surface area (Å²) in [5.74, 6) is 2.28. The van der Waals surface area contributed by atoms with Gasteiger partial charge in [0.05, 0.1) is 12.1 Å². The lowest BCUT2D eigenvalue weighted by Gasteiger charge is -2.20. The summed E-state index contributed by atoms with van der Waals surface area (Å²) < 4.78 is 10.6. The smallest absolute Gasteiger partial charge is 0.158 e. The fraction of sp³-hybridized carbons (Fsp3) is 0.692. The van der Waals surface area contributed by atoms with Gasteiger partial charge >= 0.3 is 0 Å². The SMILES string of the molecule is CNc1cc(NC2CCCC2OC)nc(COC)n1. The summed E-state index contributed by atoms with van der Waals surface area (Å²) in [6.45, 7) is 0.405. The Kier molecular flexibility index (Phi) is 4.93. The Morgan fingerprint density at radius 1 is 1.26 bits per heavy atom. The van der Waals surface area contributed by atoms with E-state index in [1.165, 1.54) is 6.42 Å². The first-order valence-corrected chi connectivity index (χ1v) is 6.60. The van der Waals surface area contributed by atoms with Gasteiger partial charge in [-0.25, -0.2) is 9.97 Å². The predicted octanol–water partition coefficient (Wildman–Crippen LogP) is 1.64. The molecule has 1 aliphatic carbocycles. The molecule has 19 heavy (non-hydrogen) atoms. The third kappa shape index (κ3) is 3.54. The van der Waals surface area contributed by atoms with Crippen LogP contribution in [0.5, 0.6) is 0 Å². The lowest BCUT2D eigenvalue weighted by atomic mass is 10.2. The van der Waals surface area contributed by atoms with Crippen molar-refractivity contribution in [2.24, 2.45) is 0 Å². The summed E-state index contributed by atoms with van der Waals surface area (Å²) in [4.78, 5) is 8.80. The molecule has 1 aromatic rings. The second kappa shape index (κ2) is 6.68. The number of nitrogens with zero attached hydrogens (tertiary/aromatic N) is 2. The van der Waals surface area contributed by atoms with Crippen molar-refractivity contribution in [2.45, 2.75) is 38.0 Å². The first kappa shape index (κ1) is 14.0. The fourth-order valence-corrected chi connectivity index (χ4v) is 2.46. The average Bonchev–Trinajstić information content (AvgIpc) is 2.86. The van der Waals surface area contributed by atoms with Crippen LogP contribution in [0.25, 0.3) is 0 Å². The van der Waals surface area contributed by atoms with Gasteiger partial charge < -0.3 is 20.1 Å². The van der Waals surface area contributed by atoms with Crippen LogP contribution >= 0.6 is 0 Å². The number of nitrogens with one attached hydrogen (secondary N) is 2. The molecule has 1 fully saturated rings. The Bertz CT molecular complexity index is 414. The normalized spacial score (nSPS) is 22.5. The Balaban J connectivity index is 2.12. The van der Waals surface area contributed by atoms with Gasteiger partial charge in [0.1, 0.15) is 18.2 Å². The minimum atomic E-state index is 0.263. The van der Waals surface area contributed by atoms with Crippen molar-refractivity contribution in [1.29, 1.82) is 0 Å². The van der Waals surface area contributed by atoms with Gasteiger partial charge in [-0.1, -0.05) is 0 Å². The van der Waals surface area contributed by atoms with Crippen molar-refractivity contribution in [1.82, 2.24) is 9.97 Å². The molecule has 1 aliphatic rings. The fourth-order valence-electron chi connectivity index (χ4n) is 2.46. The summed E-state index contributed by atoms with van der Waals surface area (Å²) in [5.41, 5.74) is 0. The number of ether oxygens (including phenoxy) is 2. The number of hydrogen-bond donors (Lipinski definition) is 2. The van der Waals surface area contributed by atoms with E-state index in [4.69, 9.17) is 9.47 Å². The molecule has 1 saturated carbocycles. The molecule has 0 bridgehead atoms. The maximum Gasteiger partial charge on any atom is 0.158 e. The van der Waals surface area contributed by atoms with Crippen molar-refractivity contribution in [3.63, 3.8) is 0 Å². The molecule has 2 atom stereocenters. The van der Waals surface area contributed by atoms with Crippen LogP contribution in [-0.2, 0) is 16.1 Å². The Hall–Kier alpha value is -1.40. The molecule has 2 N–H and O–H groups in total. The maximum absolute atomic E-state index is 5.48. The van der Waals surface area contributed by atoms with Crippen LogP contribution in [0.4, 0.5) is 11.6 Å². The van der Waals surface area contributed by atoms with Gasteiger partial charge in [-0.2, -0.15) is 0 Å². The van der Waals surface area contributed by atoms with Crippen LogP contribution in [0.2, 0.25) is 0 Å². The quantitative estimate of drug-likeness (QED) is 0.816. The van der Waals surface area contributed by atoms with Crippen LogP contribution in [0.3, 0.4) is 0 Å². The molecule has 0 spiro atoms. The number of hydrogen-bond acceptors (Lipinski definition) is 6. The molecule has 0 aromatic carbocycles. The second-order valence-electron chi connectivity index (χ2n) is 4.69. The zero-order valence-corrected chi connectivity index (χ0v) is 11.8. The van der Waals surface area contributed by atoms with Gasteiger partial charge in [0.15, 0.2) is 5.82 Å². The van der Waals surface area contributed by atoms with Crippen molar-refractivity contribution in [3.05, 3.63) is 11.9 Å². The number of methoxy groups -OCH3 is 2. The first-order chi connectivity index (χ1) is 9.26. The molecular weight excluding hydrogens is 244 g/mol. The molecular formula is C13H22N4O2. The van der Waals surface area contributed by atoms with Gasteiger partial charge in [0, 0.05) is 27.3 Å². The average molecular weight is 266 g/mol. The molecule has 2 rings (SSSR count). The first-order valence-electron chi connectivity index (χ1n) is 6.60. The molecule has 1 heterocycles. The highest BCUT2D eigenvalue weighted by atomic mass is 16.5. The summed E-state index contributed by atoms with van der Waals surface area (Å²) in [7, 11) is 5.25. The maximum atomic E-state index is 5.48. The lowest BCUT2D eigenvalue weighted by molar-refractivity contribution is 0.101. The highest BCUT2D eigenvalue weighted by molar-refractivity contribution is 5.48. The van der Waals surface area contributed by atoms with Crippen molar-refractivity contribution >= 4 is 11.6 Å². The summed E-state index contributed by atoms with van der Waals surface area (Å²) in [5, 5.41) is 6.48. The third-order valence-corrected chi connectivity index (χ3v) is 3.39. The Morgan fingerprint density at radius 2 is 2.05 bits per heavy atom. The van der Waals surface area contributed by atoms with Crippen molar-refractivity contribution in [2.75, 3.05) is 31.9 Å². The van der Waals surface area contributed by atoms with Crippen LogP contribution in [0, 0.1) is 0 Å². The van der Waals surface area contributed by atoms with Gasteiger partial charge in [0.2, 0.25) is 0 Å². The topological polar surface area (TPSA) is 68.3 Å². The molecule has 0 amide bonds. The molecule has 1 aromatic heterocycles. The van der Waals surface area contributed by atoms with E-state index in [1.807, 2.05) is 13.1 Å². The largest absolute Gasteiger partial charge is 0.379 e. The van der Waals surface area contributed by atoms with Crippen LogP contribution < -0.4 is 10.6 Å². The minimum absolute atomic E-state index is 0.263. The summed E-state index contributed by atoms with van der Waals surface area (Å²) >= 11 is 0. The molecule has 0 radical (unpaired) electrons. The van der Waals surface area contributed by atoms with Gasteiger partial charge in [-0.3, -0.25) is 0 Å². The van der Waals surface area contributed by atoms with Crippen molar-refractivity contribution < 1.29 is 9.47 Å². The van der Waals surface area contributed by atoms with E-state index in [1.54, 1.807) is 14.2 Å². The minimum Gasteiger partial charge on any atom is -0.379 e. The van der Waals surface area contributed by atoms with E-state index in [-0.39, 0.29) is 6.10 Å². The number of rotatable bonds is 6. The monoisotopic (exact) mass is 266 g/mol. The predicted molar refractivity (Wildman–Crippen MR) is 74.4 cm³/mol. The summed E-state index contributed by atoms with van der Waals surface area (Å²) in [6, 6.07) is 2.23. The van der Waals surface area contributed by atoms with E-state index >= 15 is 0 Å². The highest BCUT2D eigenvalue weighted by Crippen LogP contribution is 2.25. The molecule has 6 heteroatoms. The summed E-state index contributed by atoms with van der Waals surface area (Å²) in [6.07, 6.45) is 3.66. The second-order valence-corrected chi connectivity index (χ2v) is 4.69. The molecule has 0 aliphatic heterocycles. The molecule has 2 unspecified atom stereocenters. The van der Waals surface area contributed by atoms with Crippen molar-refractivity contribution in [3.8, 4) is 0 Å². The molecule has 6 nitrogen and oxygen atoms in total. The van der Waals surface area contributed by atoms with Crippen LogP contribution in [-0.4, -0.2) is 43.4 Å². The van der Waals surface area contributed by atoms with E-state index in [2.05, 4.69) is 20.6 Å². The zero-order chi connectivity index (χ0) is 13.7. The molecule has 106 valence electrons. The van der Waals surface area contributed by atoms with Gasteiger partial charge in [-0.05, 0) is 19.3 Å². The Labute approximate surface area is 113 Å². The van der Waals surface area contributed by atoms with Gasteiger partial charge in [0.25, 0.3) is 0 Å². The van der Waals surface area contributed by atoms with E-state index < -0.39 is 0 Å². The zero-order valence-electron chi connectivity index (χ0n) is 11.8. The van der Waals surface area contributed by atoms with Gasteiger partial charge in [-0.15, -0.1) is 0 Å². The van der Waals surface area contributed by atoms with Crippen LogP contribution in [0.15, 0.2) is 6.07 Å². The van der Waals surface area contributed by atoms with E-state index in [0.29, 0.717) is 18.5 Å². The number of aromatic nitrogens is 2. The molecule has 0 saturated heterocycles. The standard InChI is InChI=1S/C13H22N4O2/c1-14-11-7-12(17-13(16-11)8-18-2)15-9-5-4-6-10(9)19-3/h7,9-10H,4-6,8H2,1-3H3,(H2,14,15,16,17). The van der Waals surface area contributed by atoms with Crippen LogP contribution in [0.1, 0.15) is 25.1 Å². The number of anilines is 2. The van der Waals surface area contributed by atoms with E-state index in [0.717, 1.165) is 24.5 Å². The Morgan fingerprint density at radius 3 is 2.74 bits per heavy atom. The van der Waals surface area contributed by atoms with E-state index in [9.17, 15) is 0 Å². The third-order valence-electron chi connectivity index (χ3n) is 3.39. The highest BCUT2D eigenvalue weighted by Gasteiger charge is 2.27.